The van der Waals surface area contributed by atoms with Gasteiger partial charge >= 0.3 is 0 Å². The Morgan fingerprint density at radius 1 is 0.931 bits per heavy atom. The van der Waals surface area contributed by atoms with Gasteiger partial charge in [0.15, 0.2) is 0 Å². The summed E-state index contributed by atoms with van der Waals surface area (Å²) >= 11 is 0. The monoisotopic (exact) mass is 386 g/mol. The Morgan fingerprint density at radius 2 is 1.69 bits per heavy atom. The molecule has 0 bridgehead atoms. The Labute approximate surface area is 175 Å². The van der Waals surface area contributed by atoms with Gasteiger partial charge in [-0.2, -0.15) is 5.26 Å². The topological polar surface area (TPSA) is 33.2 Å². The van der Waals surface area contributed by atoms with E-state index in [4.69, 9.17) is 5.26 Å². The average molecular weight is 387 g/mol. The van der Waals surface area contributed by atoms with E-state index in [1.54, 1.807) is 4.90 Å². The van der Waals surface area contributed by atoms with Gasteiger partial charge in [-0.3, -0.25) is 0 Å². The molecule has 1 heterocycles. The molecular formula is C26H32N3+. The molecule has 3 aromatic rings. The third-order valence-corrected chi connectivity index (χ3v) is 5.93. The van der Waals surface area contributed by atoms with E-state index >= 15 is 0 Å². The second-order valence-corrected chi connectivity index (χ2v) is 8.47. The van der Waals surface area contributed by atoms with Gasteiger partial charge in [0.25, 0.3) is 0 Å². The van der Waals surface area contributed by atoms with Crippen LogP contribution in [0, 0.1) is 24.2 Å². The summed E-state index contributed by atoms with van der Waals surface area (Å²) in [6, 6.07) is 23.9. The Morgan fingerprint density at radius 3 is 2.34 bits per heavy atom. The molecule has 3 rings (SSSR count). The van der Waals surface area contributed by atoms with Crippen LogP contribution in [0.15, 0.2) is 66.9 Å². The predicted octanol–water partition coefficient (Wildman–Crippen LogP) is 4.35. The third-order valence-electron chi connectivity index (χ3n) is 5.93. The van der Waals surface area contributed by atoms with E-state index in [0.29, 0.717) is 12.0 Å². The van der Waals surface area contributed by atoms with E-state index in [9.17, 15) is 0 Å². The largest absolute Gasteiger partial charge is 0.342 e. The average Bonchev–Trinajstić information content (AvgIpc) is 3.14. The van der Waals surface area contributed by atoms with Crippen molar-refractivity contribution in [2.75, 3.05) is 0 Å². The number of nitrogens with zero attached hydrogens (tertiary/aromatic N) is 2. The number of quaternary nitrogens is 1. The summed E-state index contributed by atoms with van der Waals surface area (Å²) in [6.07, 6.45) is 2.19. The summed E-state index contributed by atoms with van der Waals surface area (Å²) in [5, 5.41) is 9.05. The SMILES string of the molecule is Cc1cccc(Cn2cccc2C[NH+](Cc2ccc(C#N)cc2)[C@@H](C)C(C)C)c1. The molecule has 3 heteroatoms. The Kier molecular flexibility index (Phi) is 6.90. The van der Waals surface area contributed by atoms with Crippen molar-refractivity contribution in [1.82, 2.24) is 4.57 Å². The first-order valence-corrected chi connectivity index (χ1v) is 10.5. The van der Waals surface area contributed by atoms with Crippen molar-refractivity contribution in [2.24, 2.45) is 5.92 Å². The van der Waals surface area contributed by atoms with Crippen molar-refractivity contribution < 1.29 is 4.90 Å². The molecule has 1 unspecified atom stereocenters. The van der Waals surface area contributed by atoms with E-state index in [0.717, 1.165) is 25.2 Å². The van der Waals surface area contributed by atoms with Gasteiger partial charge in [0.2, 0.25) is 0 Å². The fraction of sp³-hybridized carbons (Fsp3) is 0.346. The minimum absolute atomic E-state index is 0.535. The van der Waals surface area contributed by atoms with Crippen LogP contribution in [0.4, 0.5) is 0 Å². The molecule has 3 nitrogen and oxygen atoms in total. The summed E-state index contributed by atoms with van der Waals surface area (Å²) in [6.45, 7) is 11.9. The lowest BCUT2D eigenvalue weighted by molar-refractivity contribution is -0.954. The fourth-order valence-electron chi connectivity index (χ4n) is 3.82. The molecule has 0 fully saturated rings. The maximum Gasteiger partial charge on any atom is 0.118 e. The van der Waals surface area contributed by atoms with Crippen LogP contribution in [-0.4, -0.2) is 10.6 Å². The smallest absolute Gasteiger partial charge is 0.118 e. The molecule has 0 radical (unpaired) electrons. The van der Waals surface area contributed by atoms with E-state index in [-0.39, 0.29) is 0 Å². The Balaban J connectivity index is 1.79. The summed E-state index contributed by atoms with van der Waals surface area (Å²) < 4.78 is 2.38. The minimum atomic E-state index is 0.535. The molecule has 0 aliphatic heterocycles. The quantitative estimate of drug-likeness (QED) is 0.614. The maximum atomic E-state index is 9.05. The van der Waals surface area contributed by atoms with Crippen molar-refractivity contribution in [2.45, 2.75) is 53.4 Å². The first-order valence-electron chi connectivity index (χ1n) is 10.5. The van der Waals surface area contributed by atoms with Gasteiger partial charge in [-0.1, -0.05) is 55.8 Å². The third kappa shape index (κ3) is 5.59. The van der Waals surface area contributed by atoms with Crippen LogP contribution in [0.2, 0.25) is 0 Å². The number of rotatable bonds is 8. The summed E-state index contributed by atoms with van der Waals surface area (Å²) in [5.74, 6) is 0.601. The van der Waals surface area contributed by atoms with Gasteiger partial charge in [-0.05, 0) is 43.7 Å². The number of benzene rings is 2. The Hall–Kier alpha value is -2.83. The number of hydrogen-bond donors (Lipinski definition) is 1. The van der Waals surface area contributed by atoms with Crippen LogP contribution < -0.4 is 4.90 Å². The minimum Gasteiger partial charge on any atom is -0.342 e. The highest BCUT2D eigenvalue weighted by Crippen LogP contribution is 2.10. The van der Waals surface area contributed by atoms with Crippen molar-refractivity contribution in [3.05, 3.63) is 94.8 Å². The molecule has 2 atom stereocenters. The van der Waals surface area contributed by atoms with Gasteiger partial charge in [0.1, 0.15) is 13.1 Å². The highest BCUT2D eigenvalue weighted by molar-refractivity contribution is 5.31. The van der Waals surface area contributed by atoms with Crippen LogP contribution in [-0.2, 0) is 19.6 Å². The lowest BCUT2D eigenvalue weighted by Gasteiger charge is -2.29. The number of aromatic nitrogens is 1. The highest BCUT2D eigenvalue weighted by Gasteiger charge is 2.23. The number of hydrogen-bond acceptors (Lipinski definition) is 1. The molecule has 0 aliphatic rings. The first-order chi connectivity index (χ1) is 14.0. The van der Waals surface area contributed by atoms with Crippen LogP contribution in [0.1, 0.15) is 48.7 Å². The van der Waals surface area contributed by atoms with E-state index in [1.807, 2.05) is 12.1 Å². The van der Waals surface area contributed by atoms with Crippen LogP contribution in [0.3, 0.4) is 0 Å². The normalized spacial score (nSPS) is 13.2. The molecule has 0 spiro atoms. The molecule has 0 aliphatic carbocycles. The first kappa shape index (κ1) is 20.9. The standard InChI is InChI=1S/C26H31N3/c1-20(2)22(4)29(17-24-12-10-23(16-27)11-13-24)19-26-9-6-14-28(26)18-25-8-5-7-21(3)15-25/h5-15,20,22H,17-19H2,1-4H3/p+1/t22-/m0/s1. The van der Waals surface area contributed by atoms with E-state index < -0.39 is 0 Å². The van der Waals surface area contributed by atoms with Gasteiger partial charge in [0.05, 0.1) is 23.4 Å². The highest BCUT2D eigenvalue weighted by atomic mass is 15.2. The van der Waals surface area contributed by atoms with Crippen molar-refractivity contribution in [1.29, 1.82) is 5.26 Å². The summed E-state index contributed by atoms with van der Waals surface area (Å²) in [4.78, 5) is 1.55. The zero-order chi connectivity index (χ0) is 20.8. The summed E-state index contributed by atoms with van der Waals surface area (Å²) in [7, 11) is 0. The number of nitrogens with one attached hydrogen (secondary N) is 1. The maximum absolute atomic E-state index is 9.05. The second kappa shape index (κ2) is 9.58. The zero-order valence-electron chi connectivity index (χ0n) is 18.0. The molecule has 2 aromatic carbocycles. The molecule has 0 saturated heterocycles. The molecule has 1 aromatic heterocycles. The van der Waals surface area contributed by atoms with Gasteiger partial charge in [0, 0.05) is 24.2 Å². The van der Waals surface area contributed by atoms with E-state index in [2.05, 4.69) is 93.1 Å². The Bertz CT molecular complexity index is 960. The van der Waals surface area contributed by atoms with Crippen LogP contribution in [0.5, 0.6) is 0 Å². The van der Waals surface area contributed by atoms with Gasteiger partial charge < -0.3 is 9.47 Å². The lowest BCUT2D eigenvalue weighted by atomic mass is 10.0. The molecular weight excluding hydrogens is 354 g/mol. The molecule has 0 saturated carbocycles. The number of nitriles is 1. The summed E-state index contributed by atoms with van der Waals surface area (Å²) in [5.41, 5.74) is 6.01. The van der Waals surface area contributed by atoms with Crippen molar-refractivity contribution in [3.8, 4) is 6.07 Å². The van der Waals surface area contributed by atoms with Crippen molar-refractivity contribution in [3.63, 3.8) is 0 Å². The van der Waals surface area contributed by atoms with E-state index in [1.165, 1.54) is 22.4 Å². The molecule has 0 amide bonds. The van der Waals surface area contributed by atoms with Gasteiger partial charge in [-0.25, -0.2) is 0 Å². The van der Waals surface area contributed by atoms with Gasteiger partial charge in [-0.15, -0.1) is 0 Å². The van der Waals surface area contributed by atoms with Crippen LogP contribution >= 0.6 is 0 Å². The van der Waals surface area contributed by atoms with Crippen molar-refractivity contribution >= 4 is 0 Å². The second-order valence-electron chi connectivity index (χ2n) is 8.47. The molecule has 29 heavy (non-hydrogen) atoms. The number of aryl methyl sites for hydroxylation is 1. The predicted molar refractivity (Wildman–Crippen MR) is 119 cm³/mol. The fourth-order valence-corrected chi connectivity index (χ4v) is 3.82. The zero-order valence-corrected chi connectivity index (χ0v) is 18.0. The molecule has 150 valence electrons. The molecule has 1 N–H and O–H groups in total. The lowest BCUT2D eigenvalue weighted by Crippen LogP contribution is -3.13. The van der Waals surface area contributed by atoms with Crippen LogP contribution in [0.25, 0.3) is 0 Å².